The molecule has 9 nitrogen and oxygen atoms in total. The van der Waals surface area contributed by atoms with Crippen LogP contribution in [0.5, 0.6) is 0 Å². The summed E-state index contributed by atoms with van der Waals surface area (Å²) in [6.45, 7) is 2.35. The number of aromatic nitrogens is 2. The van der Waals surface area contributed by atoms with Crippen LogP contribution in [0, 0.1) is 6.92 Å². The van der Waals surface area contributed by atoms with E-state index in [1.807, 2.05) is 36.4 Å². The van der Waals surface area contributed by atoms with Gasteiger partial charge in [-0.1, -0.05) is 60.7 Å². The average Bonchev–Trinajstić information content (AvgIpc) is 2.92. The topological polar surface area (TPSA) is 96.9 Å². The molecule has 2 saturated heterocycles. The normalized spacial score (nSPS) is 25.3. The third kappa shape index (κ3) is 5.32. The van der Waals surface area contributed by atoms with Gasteiger partial charge in [-0.3, -0.25) is 23.8 Å². The lowest BCUT2D eigenvalue weighted by molar-refractivity contribution is -0.145. The highest BCUT2D eigenvalue weighted by Crippen LogP contribution is 2.58. The zero-order chi connectivity index (χ0) is 26.9. The molecule has 1 N–H and O–H groups in total. The molecule has 2 aromatic carbocycles. The summed E-state index contributed by atoms with van der Waals surface area (Å²) in [4.78, 5) is 29.7. The predicted molar refractivity (Wildman–Crippen MR) is 146 cm³/mol. The molecule has 3 heterocycles. The summed E-state index contributed by atoms with van der Waals surface area (Å²) in [7, 11) is 0. The number of H-pyrrole nitrogens is 1. The summed E-state index contributed by atoms with van der Waals surface area (Å²) in [6, 6.07) is 20.4. The second-order valence-corrected chi connectivity index (χ2v) is 13.0. The van der Waals surface area contributed by atoms with Crippen LogP contribution in [-0.4, -0.2) is 58.0 Å². The summed E-state index contributed by atoms with van der Waals surface area (Å²) in [5, 5.41) is 0. The lowest BCUT2D eigenvalue weighted by atomic mass is 9.82. The Kier molecular flexibility index (Phi) is 7.78. The van der Waals surface area contributed by atoms with E-state index in [0.29, 0.717) is 38.2 Å². The van der Waals surface area contributed by atoms with Gasteiger partial charge >= 0.3 is 12.6 Å². The van der Waals surface area contributed by atoms with E-state index in [9.17, 15) is 14.2 Å². The number of hydrogen-bond donors (Lipinski definition) is 1. The van der Waals surface area contributed by atoms with Crippen LogP contribution in [0.3, 0.4) is 0 Å². The van der Waals surface area contributed by atoms with Crippen LogP contribution in [-0.2, 0) is 19.4 Å². The number of nitrogens with zero attached hydrogens (tertiary/aromatic N) is 3. The van der Waals surface area contributed by atoms with Crippen LogP contribution in [0.15, 0.2) is 76.4 Å². The van der Waals surface area contributed by atoms with Crippen molar-refractivity contribution in [2.75, 3.05) is 32.8 Å². The number of ether oxygens (including phenoxy) is 1. The van der Waals surface area contributed by atoms with Crippen LogP contribution in [0.1, 0.15) is 36.3 Å². The molecule has 0 bridgehead atoms. The van der Waals surface area contributed by atoms with E-state index in [1.54, 1.807) is 11.6 Å². The Morgan fingerprint density at radius 3 is 2.29 bits per heavy atom. The van der Waals surface area contributed by atoms with Crippen molar-refractivity contribution < 1.29 is 13.8 Å². The molecule has 5 rings (SSSR count). The zero-order valence-corrected chi connectivity index (χ0v) is 23.1. The van der Waals surface area contributed by atoms with Crippen molar-refractivity contribution in [2.45, 2.75) is 38.1 Å². The molecule has 38 heavy (non-hydrogen) atoms. The van der Waals surface area contributed by atoms with Crippen molar-refractivity contribution in [1.82, 2.24) is 19.1 Å². The first-order valence-corrected chi connectivity index (χ1v) is 15.2. The third-order valence-corrected chi connectivity index (χ3v) is 9.95. The first-order valence-electron chi connectivity index (χ1n) is 12.7. The van der Waals surface area contributed by atoms with Crippen LogP contribution >= 0.6 is 18.1 Å². The number of morpholine rings is 1. The standard InChI is InChI=1S/C27H32ClN4O5P/c1-20-16-32(26(34)29-25(20)33)24-19-30(17-23(37-24)18-31-14-9-15-36-38(31,28)35)27(2,21-10-5-3-6-11-21)22-12-7-4-8-13-22/h3-8,10-13,16,23-24H,9,14-15,17-19H2,1-2H3,(H,29,33,34). The van der Waals surface area contributed by atoms with E-state index in [0.717, 1.165) is 11.1 Å². The van der Waals surface area contributed by atoms with E-state index >= 15 is 0 Å². The van der Waals surface area contributed by atoms with Crippen molar-refractivity contribution in [3.8, 4) is 0 Å². The largest absolute Gasteiger partial charge is 0.363 e. The van der Waals surface area contributed by atoms with E-state index in [-0.39, 0.29) is 6.54 Å². The summed E-state index contributed by atoms with van der Waals surface area (Å²) in [6.07, 6.45) is 1.09. The SMILES string of the molecule is Cc1cn(C2CN(C(C)(c3ccccc3)c3ccccc3)CC(CN3CCCOP3(=O)Cl)O2)c(=O)[nH]c1=O. The molecule has 0 spiro atoms. The maximum atomic E-state index is 13.0. The van der Waals surface area contributed by atoms with Crippen molar-refractivity contribution in [1.29, 1.82) is 0 Å². The molecule has 0 aliphatic carbocycles. The van der Waals surface area contributed by atoms with Crippen LogP contribution in [0.2, 0.25) is 0 Å². The Morgan fingerprint density at radius 2 is 1.68 bits per heavy atom. The summed E-state index contributed by atoms with van der Waals surface area (Å²) >= 11 is 6.29. The monoisotopic (exact) mass is 558 g/mol. The third-order valence-electron chi connectivity index (χ3n) is 7.47. The number of aryl methyl sites for hydroxylation is 1. The second-order valence-electron chi connectivity index (χ2n) is 9.95. The number of rotatable bonds is 6. The lowest BCUT2D eigenvalue weighted by Gasteiger charge is -2.49. The van der Waals surface area contributed by atoms with Crippen LogP contribution < -0.4 is 11.2 Å². The number of aromatic amines is 1. The van der Waals surface area contributed by atoms with Crippen molar-refractivity contribution >= 4 is 18.1 Å². The van der Waals surface area contributed by atoms with Gasteiger partial charge in [-0.25, -0.2) is 9.46 Å². The molecule has 3 atom stereocenters. The molecule has 1 aromatic heterocycles. The Morgan fingerprint density at radius 1 is 1.05 bits per heavy atom. The van der Waals surface area contributed by atoms with Gasteiger partial charge in [0.15, 0.2) is 6.23 Å². The first-order chi connectivity index (χ1) is 18.2. The Labute approximate surface area is 226 Å². The maximum Gasteiger partial charge on any atom is 0.363 e. The van der Waals surface area contributed by atoms with E-state index in [4.69, 9.17) is 20.5 Å². The fourth-order valence-corrected chi connectivity index (χ4v) is 7.24. The average molecular weight is 559 g/mol. The maximum absolute atomic E-state index is 13.0. The van der Waals surface area contributed by atoms with Gasteiger partial charge in [0.1, 0.15) is 0 Å². The highest BCUT2D eigenvalue weighted by molar-refractivity contribution is 7.83. The summed E-state index contributed by atoms with van der Waals surface area (Å²) in [5.41, 5.74) is 1.02. The minimum atomic E-state index is -3.46. The number of benzene rings is 2. The van der Waals surface area contributed by atoms with Gasteiger partial charge in [-0.05, 0) is 42.6 Å². The van der Waals surface area contributed by atoms with E-state index < -0.39 is 36.0 Å². The van der Waals surface area contributed by atoms with Crippen LogP contribution in [0.4, 0.5) is 0 Å². The molecule has 0 radical (unpaired) electrons. The fourth-order valence-electron chi connectivity index (χ4n) is 5.34. The van der Waals surface area contributed by atoms with Gasteiger partial charge in [-0.15, -0.1) is 0 Å². The minimum Gasteiger partial charge on any atom is -0.351 e. The van der Waals surface area contributed by atoms with Gasteiger partial charge < -0.3 is 9.26 Å². The molecule has 0 amide bonds. The first kappa shape index (κ1) is 27.1. The van der Waals surface area contributed by atoms with Crippen molar-refractivity contribution in [3.05, 3.63) is 104 Å². The molecule has 2 aliphatic rings. The lowest BCUT2D eigenvalue weighted by Crippen LogP contribution is -2.57. The van der Waals surface area contributed by atoms with Gasteiger partial charge in [0.2, 0.25) is 0 Å². The number of halogens is 1. The molecule has 2 aliphatic heterocycles. The van der Waals surface area contributed by atoms with E-state index in [2.05, 4.69) is 41.1 Å². The molecule has 2 fully saturated rings. The van der Waals surface area contributed by atoms with Gasteiger partial charge in [0.25, 0.3) is 5.56 Å². The number of nitrogens with one attached hydrogen (secondary N) is 1. The Hall–Kier alpha value is -2.52. The smallest absolute Gasteiger partial charge is 0.351 e. The molecular weight excluding hydrogens is 527 g/mol. The quantitative estimate of drug-likeness (QED) is 0.455. The highest BCUT2D eigenvalue weighted by atomic mass is 35.7. The van der Waals surface area contributed by atoms with Gasteiger partial charge in [0.05, 0.1) is 18.2 Å². The van der Waals surface area contributed by atoms with Crippen molar-refractivity contribution in [2.24, 2.45) is 0 Å². The molecule has 3 unspecified atom stereocenters. The molecule has 3 aromatic rings. The molecular formula is C27H32ClN4O5P. The van der Waals surface area contributed by atoms with Gasteiger partial charge in [-0.2, -0.15) is 0 Å². The van der Waals surface area contributed by atoms with E-state index in [1.165, 1.54) is 10.8 Å². The van der Waals surface area contributed by atoms with Crippen LogP contribution in [0.25, 0.3) is 0 Å². The Bertz CT molecular complexity index is 1390. The highest BCUT2D eigenvalue weighted by Gasteiger charge is 2.44. The molecule has 11 heteroatoms. The zero-order valence-electron chi connectivity index (χ0n) is 21.5. The predicted octanol–water partition coefficient (Wildman–Crippen LogP) is 4.08. The molecule has 202 valence electrons. The number of hydrogen-bond acceptors (Lipinski definition) is 6. The van der Waals surface area contributed by atoms with Crippen molar-refractivity contribution in [3.63, 3.8) is 0 Å². The summed E-state index contributed by atoms with van der Waals surface area (Å²) < 4.78 is 27.9. The summed E-state index contributed by atoms with van der Waals surface area (Å²) in [5.74, 6) is 0. The Balaban J connectivity index is 1.58. The minimum absolute atomic E-state index is 0.268. The molecule has 0 saturated carbocycles. The second kappa shape index (κ2) is 10.9. The fraction of sp³-hybridized carbons (Fsp3) is 0.407. The van der Waals surface area contributed by atoms with Gasteiger partial charge in [0, 0.05) is 37.9 Å².